The topological polar surface area (TPSA) is 76.5 Å². The van der Waals surface area contributed by atoms with E-state index in [0.717, 1.165) is 24.7 Å². The molecule has 8 heteroatoms. The Hall–Kier alpha value is -2.57. The van der Waals surface area contributed by atoms with Gasteiger partial charge in [0.2, 0.25) is 0 Å². The maximum absolute atomic E-state index is 12.0. The van der Waals surface area contributed by atoms with E-state index in [9.17, 15) is 9.59 Å². The molecule has 1 aromatic carbocycles. The van der Waals surface area contributed by atoms with Crippen LogP contribution in [0.2, 0.25) is 5.02 Å². The van der Waals surface area contributed by atoms with E-state index < -0.39 is 6.04 Å². The first-order valence-electron chi connectivity index (χ1n) is 9.88. The molecule has 0 radical (unpaired) electrons. The van der Waals surface area contributed by atoms with Crippen molar-refractivity contribution in [3.05, 3.63) is 69.1 Å². The summed E-state index contributed by atoms with van der Waals surface area (Å²) >= 11 is 12.1. The molecule has 166 valence electrons. The van der Waals surface area contributed by atoms with Gasteiger partial charge in [0.25, 0.3) is 0 Å². The zero-order valence-corrected chi connectivity index (χ0v) is 19.7. The minimum Gasteiger partial charge on any atom is -0.382 e. The lowest BCUT2D eigenvalue weighted by Gasteiger charge is -2.34. The Bertz CT molecular complexity index is 916. The fourth-order valence-corrected chi connectivity index (χ4v) is 3.46. The van der Waals surface area contributed by atoms with Crippen molar-refractivity contribution >= 4 is 41.5 Å². The molecular formula is C23H28Cl2N4O2. The average Bonchev–Trinajstić information content (AvgIpc) is 3.54. The molecule has 1 atom stereocenters. The van der Waals surface area contributed by atoms with Gasteiger partial charge in [-0.3, -0.25) is 9.59 Å². The Morgan fingerprint density at radius 3 is 2.23 bits per heavy atom. The van der Waals surface area contributed by atoms with Crippen molar-refractivity contribution in [3.8, 4) is 0 Å². The summed E-state index contributed by atoms with van der Waals surface area (Å²) in [5, 5.41) is 12.4. The number of benzene rings is 1. The van der Waals surface area contributed by atoms with Crippen molar-refractivity contribution < 1.29 is 9.59 Å². The van der Waals surface area contributed by atoms with Crippen molar-refractivity contribution in [2.24, 2.45) is 0 Å². The predicted molar refractivity (Wildman–Crippen MR) is 126 cm³/mol. The molecule has 31 heavy (non-hydrogen) atoms. The van der Waals surface area contributed by atoms with Crippen LogP contribution >= 0.6 is 23.2 Å². The third kappa shape index (κ3) is 6.97. The molecule has 2 N–H and O–H groups in total. The zero-order valence-electron chi connectivity index (χ0n) is 18.2. The number of allylic oxidation sites excluding steroid dienone is 3. The number of carbonyl (C=O) groups is 2. The lowest BCUT2D eigenvalue weighted by Crippen LogP contribution is -2.32. The highest BCUT2D eigenvalue weighted by Crippen LogP contribution is 2.34. The van der Waals surface area contributed by atoms with Gasteiger partial charge in [0.1, 0.15) is 0 Å². The third-order valence-corrected chi connectivity index (χ3v) is 5.24. The molecule has 1 aliphatic carbocycles. The van der Waals surface area contributed by atoms with Gasteiger partial charge >= 0.3 is 0 Å². The summed E-state index contributed by atoms with van der Waals surface area (Å²) in [7, 11) is 5.55. The van der Waals surface area contributed by atoms with E-state index in [1.54, 1.807) is 25.1 Å². The number of likely N-dealkylation sites (N-methyl/N-ethyl adjacent to an activating group) is 1. The van der Waals surface area contributed by atoms with Gasteiger partial charge in [-0.2, -0.15) is 0 Å². The second kappa shape index (κ2) is 11.2. The normalized spacial score (nSPS) is 16.2. The van der Waals surface area contributed by atoms with Gasteiger partial charge in [-0.25, -0.2) is 0 Å². The Kier molecular flexibility index (Phi) is 8.89. The smallest absolute Gasteiger partial charge is 0.166 e. The molecule has 1 fully saturated rings. The van der Waals surface area contributed by atoms with Crippen LogP contribution < -0.4 is 5.32 Å². The van der Waals surface area contributed by atoms with Crippen LogP contribution in [0.5, 0.6) is 0 Å². The molecule has 1 saturated carbocycles. The van der Waals surface area contributed by atoms with Crippen LogP contribution in [0.4, 0.5) is 0 Å². The summed E-state index contributed by atoms with van der Waals surface area (Å²) in [4.78, 5) is 26.9. The predicted octanol–water partition coefficient (Wildman–Crippen LogP) is 4.28. The monoisotopic (exact) mass is 462 g/mol. The first-order valence-corrected chi connectivity index (χ1v) is 10.6. The van der Waals surface area contributed by atoms with Crippen LogP contribution in [0.25, 0.3) is 0 Å². The van der Waals surface area contributed by atoms with E-state index in [2.05, 4.69) is 5.32 Å². The molecular weight excluding hydrogens is 435 g/mol. The molecule has 0 amide bonds. The van der Waals surface area contributed by atoms with Crippen LogP contribution in [-0.2, 0) is 9.59 Å². The summed E-state index contributed by atoms with van der Waals surface area (Å²) < 4.78 is 0. The van der Waals surface area contributed by atoms with E-state index in [-0.39, 0.29) is 16.8 Å². The highest BCUT2D eigenvalue weighted by molar-refractivity contribution is 6.38. The third-order valence-electron chi connectivity index (χ3n) is 4.79. The fourth-order valence-electron chi connectivity index (χ4n) is 3.23. The maximum atomic E-state index is 12.0. The van der Waals surface area contributed by atoms with Gasteiger partial charge in [0.05, 0.1) is 22.5 Å². The number of nitrogens with one attached hydrogen (secondary N) is 2. The minimum atomic E-state index is -0.500. The Balaban J connectivity index is 2.72. The van der Waals surface area contributed by atoms with Crippen LogP contribution in [0.15, 0.2) is 58.5 Å². The van der Waals surface area contributed by atoms with Gasteiger partial charge in [-0.05, 0) is 43.5 Å². The summed E-state index contributed by atoms with van der Waals surface area (Å²) in [5.41, 5.74) is 2.67. The maximum Gasteiger partial charge on any atom is 0.166 e. The zero-order chi connectivity index (χ0) is 23.1. The van der Waals surface area contributed by atoms with Crippen molar-refractivity contribution in [1.29, 1.82) is 5.41 Å². The quantitative estimate of drug-likeness (QED) is 0.222. The van der Waals surface area contributed by atoms with Gasteiger partial charge in [0, 0.05) is 49.7 Å². The van der Waals surface area contributed by atoms with E-state index in [1.807, 2.05) is 49.3 Å². The number of nitrogens with zero attached hydrogens (tertiary/aromatic N) is 2. The largest absolute Gasteiger partial charge is 0.382 e. The van der Waals surface area contributed by atoms with E-state index in [0.29, 0.717) is 28.3 Å². The van der Waals surface area contributed by atoms with Crippen LogP contribution in [0.1, 0.15) is 31.4 Å². The number of aldehydes is 2. The van der Waals surface area contributed by atoms with Crippen LogP contribution in [-0.4, -0.2) is 55.3 Å². The molecule has 2 rings (SSSR count). The molecule has 0 spiro atoms. The van der Waals surface area contributed by atoms with Crippen LogP contribution in [0.3, 0.4) is 0 Å². The number of rotatable bonds is 11. The van der Waals surface area contributed by atoms with Crippen LogP contribution in [0, 0.1) is 5.41 Å². The summed E-state index contributed by atoms with van der Waals surface area (Å²) in [6.45, 7) is 1.66. The summed E-state index contributed by atoms with van der Waals surface area (Å²) in [6.07, 6.45) is 6.70. The molecule has 0 heterocycles. The van der Waals surface area contributed by atoms with Gasteiger partial charge < -0.3 is 20.5 Å². The standard InChI is InChI=1S/C23H28Cl2N4O2/c1-15(26)22(21(14-31)27-19-9-10-19)23(16-5-7-17(24)8-6-16)29(4)20(12-28(2)3)11-18(25)13-30/h5-8,11-14,19,23,26-27H,9-10H2,1-4H3/b18-11+,20-12+,22-21+,26-15?. The molecule has 0 saturated heterocycles. The fraction of sp³-hybridized carbons (Fsp3) is 0.348. The highest BCUT2D eigenvalue weighted by Gasteiger charge is 2.30. The number of hydrogen-bond acceptors (Lipinski definition) is 6. The van der Waals surface area contributed by atoms with Gasteiger partial charge in [-0.1, -0.05) is 35.3 Å². The first-order chi connectivity index (χ1) is 14.7. The van der Waals surface area contributed by atoms with E-state index in [4.69, 9.17) is 28.6 Å². The molecule has 6 nitrogen and oxygen atoms in total. The van der Waals surface area contributed by atoms with Crippen molar-refractivity contribution in [3.63, 3.8) is 0 Å². The Morgan fingerprint density at radius 2 is 1.77 bits per heavy atom. The number of carbonyl (C=O) groups excluding carboxylic acids is 2. The SMILES string of the molecule is CC(=N)/C(=C(/C=O)NC1CC1)C(c1ccc(Cl)cc1)N(C)C(/C=C(/Cl)C=O)=C/N(C)C. The number of halogens is 2. The molecule has 0 bridgehead atoms. The van der Waals surface area contributed by atoms with Crippen molar-refractivity contribution in [2.75, 3.05) is 21.1 Å². The van der Waals surface area contributed by atoms with Gasteiger partial charge in [-0.15, -0.1) is 0 Å². The van der Waals surface area contributed by atoms with Crippen molar-refractivity contribution in [1.82, 2.24) is 15.1 Å². The highest BCUT2D eigenvalue weighted by atomic mass is 35.5. The second-order valence-corrected chi connectivity index (χ2v) is 8.59. The second-order valence-electron chi connectivity index (χ2n) is 7.72. The molecule has 0 aliphatic heterocycles. The molecule has 1 unspecified atom stereocenters. The van der Waals surface area contributed by atoms with E-state index in [1.165, 1.54) is 0 Å². The lowest BCUT2D eigenvalue weighted by molar-refractivity contribution is -0.105. The minimum absolute atomic E-state index is 0.0404. The first kappa shape index (κ1) is 24.7. The summed E-state index contributed by atoms with van der Waals surface area (Å²) in [5.74, 6) is 0. The average molecular weight is 463 g/mol. The molecule has 0 aromatic heterocycles. The Labute approximate surface area is 193 Å². The molecule has 1 aliphatic rings. The summed E-state index contributed by atoms with van der Waals surface area (Å²) in [6, 6.07) is 7.01. The Morgan fingerprint density at radius 1 is 1.16 bits per heavy atom. The van der Waals surface area contributed by atoms with Crippen molar-refractivity contribution in [2.45, 2.75) is 31.8 Å². The lowest BCUT2D eigenvalue weighted by atomic mass is 9.92. The molecule has 1 aromatic rings. The number of hydrogen-bond donors (Lipinski definition) is 2. The van der Waals surface area contributed by atoms with Gasteiger partial charge in [0.15, 0.2) is 12.6 Å². The van der Waals surface area contributed by atoms with E-state index >= 15 is 0 Å².